The molecule has 2 amide bonds. The number of carbonyl (C=O) groups excluding carboxylic acids is 2. The highest BCUT2D eigenvalue weighted by molar-refractivity contribution is 6.30. The summed E-state index contributed by atoms with van der Waals surface area (Å²) in [6, 6.07) is 7.74. The lowest BCUT2D eigenvalue weighted by atomic mass is 10.1. The van der Waals surface area contributed by atoms with E-state index in [-0.39, 0.29) is 18.4 Å². The fraction of sp³-hybridized carbons (Fsp3) is 0.529. The maximum Gasteiger partial charge on any atom is 0.260 e. The predicted octanol–water partition coefficient (Wildman–Crippen LogP) is 1.93. The van der Waals surface area contributed by atoms with Crippen molar-refractivity contribution in [2.24, 2.45) is 0 Å². The molecule has 0 spiro atoms. The largest absolute Gasteiger partial charge is 0.483 e. The van der Waals surface area contributed by atoms with Crippen molar-refractivity contribution >= 4 is 23.4 Å². The number of ether oxygens (including phenoxy) is 1. The average Bonchev–Trinajstić information content (AvgIpc) is 2.59. The lowest BCUT2D eigenvalue weighted by Crippen LogP contribution is -2.52. The SMILES string of the molecule is CCc1ccccc1OCC(=O)N1CCN(C(=O)C(C)Cl)CC1. The highest BCUT2D eigenvalue weighted by atomic mass is 35.5. The average molecular weight is 339 g/mol. The zero-order valence-electron chi connectivity index (χ0n) is 13.6. The number of para-hydroxylation sites is 1. The van der Waals surface area contributed by atoms with Crippen LogP contribution < -0.4 is 4.74 Å². The lowest BCUT2D eigenvalue weighted by Gasteiger charge is -2.35. The molecule has 0 aliphatic carbocycles. The van der Waals surface area contributed by atoms with E-state index >= 15 is 0 Å². The van der Waals surface area contributed by atoms with Gasteiger partial charge in [0.05, 0.1) is 0 Å². The molecule has 1 aliphatic rings. The van der Waals surface area contributed by atoms with Gasteiger partial charge in [0.1, 0.15) is 11.1 Å². The van der Waals surface area contributed by atoms with E-state index in [4.69, 9.17) is 16.3 Å². The van der Waals surface area contributed by atoms with Crippen molar-refractivity contribution in [2.45, 2.75) is 25.6 Å². The fourth-order valence-corrected chi connectivity index (χ4v) is 2.73. The Hall–Kier alpha value is -1.75. The highest BCUT2D eigenvalue weighted by Gasteiger charge is 2.26. The van der Waals surface area contributed by atoms with Gasteiger partial charge in [0, 0.05) is 26.2 Å². The van der Waals surface area contributed by atoms with E-state index in [1.807, 2.05) is 24.3 Å². The number of piperazine rings is 1. The van der Waals surface area contributed by atoms with Gasteiger partial charge in [-0.3, -0.25) is 9.59 Å². The van der Waals surface area contributed by atoms with E-state index in [0.29, 0.717) is 26.2 Å². The molecule has 1 heterocycles. The number of alkyl halides is 1. The van der Waals surface area contributed by atoms with Gasteiger partial charge in [-0.25, -0.2) is 0 Å². The van der Waals surface area contributed by atoms with Crippen LogP contribution in [0.25, 0.3) is 0 Å². The van der Waals surface area contributed by atoms with Crippen molar-refractivity contribution < 1.29 is 14.3 Å². The van der Waals surface area contributed by atoms with Crippen molar-refractivity contribution in [2.75, 3.05) is 32.8 Å². The topological polar surface area (TPSA) is 49.9 Å². The molecule has 1 aliphatic heterocycles. The van der Waals surface area contributed by atoms with Gasteiger partial charge in [-0.15, -0.1) is 11.6 Å². The second-order valence-electron chi connectivity index (χ2n) is 5.57. The van der Waals surface area contributed by atoms with Gasteiger partial charge in [0.15, 0.2) is 6.61 Å². The monoisotopic (exact) mass is 338 g/mol. The Kier molecular flexibility index (Phi) is 6.28. The third-order valence-electron chi connectivity index (χ3n) is 3.99. The summed E-state index contributed by atoms with van der Waals surface area (Å²) in [6.07, 6.45) is 0.863. The molecule has 2 rings (SSSR count). The Labute approximate surface area is 142 Å². The lowest BCUT2D eigenvalue weighted by molar-refractivity contribution is -0.140. The van der Waals surface area contributed by atoms with Gasteiger partial charge in [-0.1, -0.05) is 25.1 Å². The minimum Gasteiger partial charge on any atom is -0.483 e. The number of rotatable bonds is 5. The summed E-state index contributed by atoms with van der Waals surface area (Å²) < 4.78 is 5.66. The molecule has 23 heavy (non-hydrogen) atoms. The molecule has 5 nitrogen and oxygen atoms in total. The molecule has 1 aromatic rings. The maximum atomic E-state index is 12.3. The number of benzene rings is 1. The highest BCUT2D eigenvalue weighted by Crippen LogP contribution is 2.18. The van der Waals surface area contributed by atoms with Crippen molar-refractivity contribution in [1.29, 1.82) is 0 Å². The predicted molar refractivity (Wildman–Crippen MR) is 89.8 cm³/mol. The van der Waals surface area contributed by atoms with Crippen molar-refractivity contribution in [3.63, 3.8) is 0 Å². The molecule has 0 saturated carbocycles. The summed E-state index contributed by atoms with van der Waals surface area (Å²) in [6.45, 7) is 5.83. The molecule has 0 bridgehead atoms. The molecule has 0 radical (unpaired) electrons. The summed E-state index contributed by atoms with van der Waals surface area (Å²) in [5.74, 6) is 0.627. The third-order valence-corrected chi connectivity index (χ3v) is 4.18. The summed E-state index contributed by atoms with van der Waals surface area (Å²) in [4.78, 5) is 27.5. The van der Waals surface area contributed by atoms with Crippen LogP contribution in [0.2, 0.25) is 0 Å². The van der Waals surface area contributed by atoms with Gasteiger partial charge < -0.3 is 14.5 Å². The van der Waals surface area contributed by atoms with Gasteiger partial charge in [0.25, 0.3) is 5.91 Å². The first-order valence-corrected chi connectivity index (χ1v) is 8.38. The van der Waals surface area contributed by atoms with E-state index in [1.165, 1.54) is 0 Å². The Morgan fingerprint density at radius 1 is 1.17 bits per heavy atom. The number of amides is 2. The van der Waals surface area contributed by atoms with Gasteiger partial charge in [-0.05, 0) is 25.0 Å². The Morgan fingerprint density at radius 2 is 1.78 bits per heavy atom. The van der Waals surface area contributed by atoms with Crippen LogP contribution in [0, 0.1) is 0 Å². The van der Waals surface area contributed by atoms with Crippen molar-refractivity contribution in [3.8, 4) is 5.75 Å². The first-order chi connectivity index (χ1) is 11.0. The Morgan fingerprint density at radius 3 is 2.39 bits per heavy atom. The molecule has 6 heteroatoms. The van der Waals surface area contributed by atoms with Crippen molar-refractivity contribution in [3.05, 3.63) is 29.8 Å². The zero-order chi connectivity index (χ0) is 16.8. The number of hydrogen-bond donors (Lipinski definition) is 0. The number of carbonyl (C=O) groups is 2. The van der Waals surface area contributed by atoms with Crippen LogP contribution in [-0.2, 0) is 16.0 Å². The van der Waals surface area contributed by atoms with Crippen LogP contribution in [0.4, 0.5) is 0 Å². The van der Waals surface area contributed by atoms with E-state index in [9.17, 15) is 9.59 Å². The third kappa shape index (κ3) is 4.61. The molecule has 1 unspecified atom stereocenters. The normalized spacial score (nSPS) is 16.1. The first-order valence-electron chi connectivity index (χ1n) is 7.94. The number of aryl methyl sites for hydroxylation is 1. The quantitative estimate of drug-likeness (QED) is 0.771. The summed E-state index contributed by atoms with van der Waals surface area (Å²) in [5.41, 5.74) is 1.09. The molecule has 0 aromatic heterocycles. The Bertz CT molecular complexity index is 555. The molecule has 1 atom stereocenters. The summed E-state index contributed by atoms with van der Waals surface area (Å²) in [7, 11) is 0. The number of hydrogen-bond acceptors (Lipinski definition) is 3. The zero-order valence-corrected chi connectivity index (χ0v) is 14.4. The first kappa shape index (κ1) is 17.6. The summed E-state index contributed by atoms with van der Waals surface area (Å²) in [5, 5.41) is -0.522. The van der Waals surface area contributed by atoms with Crippen LogP contribution in [0.1, 0.15) is 19.4 Å². The van der Waals surface area contributed by atoms with Gasteiger partial charge >= 0.3 is 0 Å². The van der Waals surface area contributed by atoms with Gasteiger partial charge in [-0.2, -0.15) is 0 Å². The minimum absolute atomic E-state index is 0.0247. The van der Waals surface area contributed by atoms with Gasteiger partial charge in [0.2, 0.25) is 5.91 Å². The standard InChI is InChI=1S/C17H23ClN2O3/c1-3-14-6-4-5-7-15(14)23-12-16(21)19-8-10-20(11-9-19)17(22)13(2)18/h4-7,13H,3,8-12H2,1-2H3. The molecule has 0 N–H and O–H groups in total. The van der Waals surface area contributed by atoms with Crippen LogP contribution in [-0.4, -0.2) is 59.8 Å². The molecule has 1 aromatic carbocycles. The van der Waals surface area contributed by atoms with Crippen LogP contribution in [0.5, 0.6) is 5.75 Å². The molecular formula is C17H23ClN2O3. The maximum absolute atomic E-state index is 12.3. The van der Waals surface area contributed by atoms with Crippen LogP contribution in [0.3, 0.4) is 0 Å². The molecular weight excluding hydrogens is 316 g/mol. The second-order valence-corrected chi connectivity index (χ2v) is 6.23. The minimum atomic E-state index is -0.522. The molecule has 1 saturated heterocycles. The van der Waals surface area contributed by atoms with Crippen LogP contribution in [0.15, 0.2) is 24.3 Å². The van der Waals surface area contributed by atoms with E-state index in [2.05, 4.69) is 6.92 Å². The van der Waals surface area contributed by atoms with E-state index in [1.54, 1.807) is 16.7 Å². The van der Waals surface area contributed by atoms with Crippen molar-refractivity contribution in [1.82, 2.24) is 9.80 Å². The van der Waals surface area contributed by atoms with Crippen LogP contribution >= 0.6 is 11.6 Å². The Balaban J connectivity index is 1.82. The molecule has 1 fully saturated rings. The second kappa shape index (κ2) is 8.20. The van der Waals surface area contributed by atoms with E-state index < -0.39 is 5.38 Å². The molecule has 126 valence electrons. The summed E-state index contributed by atoms with van der Waals surface area (Å²) >= 11 is 5.81. The number of nitrogens with zero attached hydrogens (tertiary/aromatic N) is 2. The fourth-order valence-electron chi connectivity index (χ4n) is 2.60. The number of halogens is 1. The van der Waals surface area contributed by atoms with E-state index in [0.717, 1.165) is 17.7 Å². The smallest absolute Gasteiger partial charge is 0.260 e.